The molecule has 7 heteroatoms. The van der Waals surface area contributed by atoms with Crippen LogP contribution in [0.1, 0.15) is 17.5 Å². The van der Waals surface area contributed by atoms with Crippen LogP contribution in [0.3, 0.4) is 0 Å². The van der Waals surface area contributed by atoms with E-state index in [1.54, 1.807) is 9.80 Å². The Kier molecular flexibility index (Phi) is 5.13. The maximum atomic E-state index is 12.4. The molecule has 0 spiro atoms. The highest BCUT2D eigenvalue weighted by atomic mass is 32.2. The largest absolute Gasteiger partial charge is 0.339 e. The summed E-state index contributed by atoms with van der Waals surface area (Å²) in [6.45, 7) is 3.99. The third-order valence-electron chi connectivity index (χ3n) is 5.00. The summed E-state index contributed by atoms with van der Waals surface area (Å²) in [5.41, 5.74) is 2.16. The molecule has 1 atom stereocenters. The average Bonchev–Trinajstić information content (AvgIpc) is 2.96. The zero-order valence-corrected chi connectivity index (χ0v) is 15.3. The number of benzene rings is 1. The Labute approximate surface area is 148 Å². The van der Waals surface area contributed by atoms with Gasteiger partial charge in [-0.05, 0) is 18.9 Å². The van der Waals surface area contributed by atoms with Crippen molar-refractivity contribution in [1.82, 2.24) is 9.80 Å². The molecule has 6 nitrogen and oxygen atoms in total. The van der Waals surface area contributed by atoms with Crippen molar-refractivity contribution in [3.8, 4) is 0 Å². The summed E-state index contributed by atoms with van der Waals surface area (Å²) >= 11 is 0. The predicted molar refractivity (Wildman–Crippen MR) is 94.8 cm³/mol. The van der Waals surface area contributed by atoms with E-state index in [1.807, 2.05) is 31.2 Å². The van der Waals surface area contributed by atoms with Crippen LogP contribution in [0.4, 0.5) is 0 Å². The van der Waals surface area contributed by atoms with Crippen LogP contribution < -0.4 is 0 Å². The summed E-state index contributed by atoms with van der Waals surface area (Å²) in [5.74, 6) is -0.331. The Balaban J connectivity index is 1.50. The lowest BCUT2D eigenvalue weighted by atomic mass is 10.1. The first-order chi connectivity index (χ1) is 11.8. The smallest absolute Gasteiger partial charge is 0.227 e. The van der Waals surface area contributed by atoms with E-state index in [0.29, 0.717) is 39.0 Å². The molecule has 1 aromatic rings. The number of hydrogen-bond acceptors (Lipinski definition) is 4. The van der Waals surface area contributed by atoms with E-state index in [-0.39, 0.29) is 23.3 Å². The molecule has 0 saturated carbocycles. The maximum Gasteiger partial charge on any atom is 0.227 e. The van der Waals surface area contributed by atoms with E-state index in [1.165, 1.54) is 0 Å². The molecule has 1 unspecified atom stereocenters. The van der Waals surface area contributed by atoms with Crippen molar-refractivity contribution in [2.24, 2.45) is 5.92 Å². The molecule has 0 bridgehead atoms. The van der Waals surface area contributed by atoms with Crippen LogP contribution in [0, 0.1) is 12.8 Å². The first-order valence-corrected chi connectivity index (χ1v) is 10.5. The molecule has 136 valence electrons. The van der Waals surface area contributed by atoms with Gasteiger partial charge in [0.15, 0.2) is 9.84 Å². The fraction of sp³-hybridized carbons (Fsp3) is 0.556. The zero-order chi connectivity index (χ0) is 18.0. The van der Waals surface area contributed by atoms with Crippen molar-refractivity contribution < 1.29 is 18.0 Å². The van der Waals surface area contributed by atoms with Gasteiger partial charge in [0.25, 0.3) is 0 Å². The van der Waals surface area contributed by atoms with Gasteiger partial charge in [0.05, 0.1) is 23.8 Å². The Bertz CT molecular complexity index is 750. The molecule has 2 fully saturated rings. The van der Waals surface area contributed by atoms with Gasteiger partial charge in [-0.25, -0.2) is 8.42 Å². The third-order valence-corrected chi connectivity index (χ3v) is 6.77. The van der Waals surface area contributed by atoms with Crippen LogP contribution in [0.5, 0.6) is 0 Å². The van der Waals surface area contributed by atoms with Crippen molar-refractivity contribution in [2.45, 2.75) is 19.8 Å². The van der Waals surface area contributed by atoms with Crippen LogP contribution in [-0.2, 0) is 25.8 Å². The van der Waals surface area contributed by atoms with Crippen molar-refractivity contribution in [3.05, 3.63) is 35.4 Å². The molecule has 2 heterocycles. The molecule has 0 N–H and O–H groups in total. The minimum absolute atomic E-state index is 0.0294. The van der Waals surface area contributed by atoms with Crippen LogP contribution in [-0.4, -0.2) is 67.7 Å². The van der Waals surface area contributed by atoms with Crippen LogP contribution in [0.2, 0.25) is 0 Å². The van der Waals surface area contributed by atoms with Crippen molar-refractivity contribution in [2.75, 3.05) is 37.7 Å². The highest BCUT2D eigenvalue weighted by molar-refractivity contribution is 7.91. The second kappa shape index (κ2) is 7.15. The van der Waals surface area contributed by atoms with Crippen molar-refractivity contribution in [1.29, 1.82) is 0 Å². The van der Waals surface area contributed by atoms with Crippen LogP contribution in [0.15, 0.2) is 24.3 Å². The summed E-state index contributed by atoms with van der Waals surface area (Å²) in [5, 5.41) is 0. The minimum atomic E-state index is -3.05. The highest BCUT2D eigenvalue weighted by Gasteiger charge is 2.36. The first kappa shape index (κ1) is 17.9. The van der Waals surface area contributed by atoms with Gasteiger partial charge in [0.1, 0.15) is 0 Å². The molecule has 0 aliphatic carbocycles. The molecule has 25 heavy (non-hydrogen) atoms. The summed E-state index contributed by atoms with van der Waals surface area (Å²) in [6, 6.07) is 7.92. The topological polar surface area (TPSA) is 74.8 Å². The molecule has 3 rings (SSSR count). The highest BCUT2D eigenvalue weighted by Crippen LogP contribution is 2.21. The van der Waals surface area contributed by atoms with E-state index >= 15 is 0 Å². The molecule has 1 aromatic carbocycles. The van der Waals surface area contributed by atoms with E-state index < -0.39 is 15.8 Å². The number of piperazine rings is 1. The minimum Gasteiger partial charge on any atom is -0.339 e. The molecule has 2 aliphatic rings. The van der Waals surface area contributed by atoms with Gasteiger partial charge >= 0.3 is 0 Å². The Morgan fingerprint density at radius 3 is 2.20 bits per heavy atom. The van der Waals surface area contributed by atoms with Crippen molar-refractivity contribution in [3.63, 3.8) is 0 Å². The molecule has 2 aliphatic heterocycles. The second-order valence-electron chi connectivity index (χ2n) is 6.97. The lowest BCUT2D eigenvalue weighted by molar-refractivity contribution is -0.141. The molecule has 2 saturated heterocycles. The van der Waals surface area contributed by atoms with E-state index in [9.17, 15) is 18.0 Å². The molecule has 0 aromatic heterocycles. The fourth-order valence-electron chi connectivity index (χ4n) is 3.42. The van der Waals surface area contributed by atoms with Gasteiger partial charge in [-0.2, -0.15) is 0 Å². The van der Waals surface area contributed by atoms with E-state index in [2.05, 4.69) is 0 Å². The quantitative estimate of drug-likeness (QED) is 0.789. The van der Waals surface area contributed by atoms with Crippen molar-refractivity contribution >= 4 is 21.7 Å². The Morgan fingerprint density at radius 2 is 1.64 bits per heavy atom. The maximum absolute atomic E-state index is 12.4. The number of amides is 2. The number of carbonyl (C=O) groups is 2. The Hall–Kier alpha value is -1.89. The lowest BCUT2D eigenvalue weighted by Crippen LogP contribution is -2.52. The molecular weight excluding hydrogens is 340 g/mol. The number of sulfone groups is 1. The SMILES string of the molecule is Cc1ccc(CC(=O)N2CCN(C(=O)C3CCS(=O)(=O)C3)CC2)cc1. The monoisotopic (exact) mass is 364 g/mol. The van der Waals surface area contributed by atoms with E-state index in [4.69, 9.17) is 0 Å². The standard InChI is InChI=1S/C18H24N2O4S/c1-14-2-4-15(5-3-14)12-17(21)19-7-9-20(10-8-19)18(22)16-6-11-25(23,24)13-16/h2-5,16H,6-13H2,1H3. The number of hydrogen-bond donors (Lipinski definition) is 0. The summed E-state index contributed by atoms with van der Waals surface area (Å²) in [6.07, 6.45) is 0.794. The number of aryl methyl sites for hydroxylation is 1. The number of carbonyl (C=O) groups excluding carboxylic acids is 2. The van der Waals surface area contributed by atoms with Gasteiger partial charge in [-0.15, -0.1) is 0 Å². The lowest BCUT2D eigenvalue weighted by Gasteiger charge is -2.36. The third kappa shape index (κ3) is 4.39. The van der Waals surface area contributed by atoms with Gasteiger partial charge in [-0.1, -0.05) is 29.8 Å². The predicted octanol–water partition coefficient (Wildman–Crippen LogP) is 0.643. The van der Waals surface area contributed by atoms with Gasteiger partial charge in [0, 0.05) is 26.2 Å². The Morgan fingerprint density at radius 1 is 1.04 bits per heavy atom. The summed E-state index contributed by atoms with van der Waals surface area (Å²) in [4.78, 5) is 28.4. The fourth-order valence-corrected chi connectivity index (χ4v) is 5.15. The number of nitrogens with zero attached hydrogens (tertiary/aromatic N) is 2. The second-order valence-corrected chi connectivity index (χ2v) is 9.20. The molecular formula is C18H24N2O4S. The zero-order valence-electron chi connectivity index (χ0n) is 14.5. The normalized spacial score (nSPS) is 22.8. The number of rotatable bonds is 3. The van der Waals surface area contributed by atoms with Crippen LogP contribution in [0.25, 0.3) is 0 Å². The van der Waals surface area contributed by atoms with Crippen LogP contribution >= 0.6 is 0 Å². The summed E-state index contributed by atoms with van der Waals surface area (Å²) in [7, 11) is -3.05. The van der Waals surface area contributed by atoms with Gasteiger partial charge in [0.2, 0.25) is 11.8 Å². The summed E-state index contributed by atoms with van der Waals surface area (Å²) < 4.78 is 23.1. The van der Waals surface area contributed by atoms with Gasteiger partial charge in [-0.3, -0.25) is 9.59 Å². The van der Waals surface area contributed by atoms with E-state index in [0.717, 1.165) is 11.1 Å². The molecule has 2 amide bonds. The average molecular weight is 364 g/mol. The van der Waals surface area contributed by atoms with Gasteiger partial charge < -0.3 is 9.80 Å². The first-order valence-electron chi connectivity index (χ1n) is 8.66. The molecule has 0 radical (unpaired) electrons.